The second-order valence-electron chi connectivity index (χ2n) is 5.44. The van der Waals surface area contributed by atoms with Crippen molar-refractivity contribution in [3.05, 3.63) is 58.6 Å². The van der Waals surface area contributed by atoms with Gasteiger partial charge in [-0.3, -0.25) is 4.79 Å². The molecular weight excluding hydrogens is 382 g/mol. The van der Waals surface area contributed by atoms with Gasteiger partial charge < -0.3 is 14.8 Å². The van der Waals surface area contributed by atoms with E-state index in [0.29, 0.717) is 6.61 Å². The van der Waals surface area contributed by atoms with E-state index in [1.54, 1.807) is 13.2 Å². The van der Waals surface area contributed by atoms with Crippen molar-refractivity contribution in [3.8, 4) is 11.5 Å². The minimum atomic E-state index is -0.188. The molecular formula is C20H22BrNO3. The molecule has 0 fully saturated rings. The molecule has 0 spiro atoms. The fourth-order valence-corrected chi connectivity index (χ4v) is 2.67. The third-order valence-corrected chi connectivity index (χ3v) is 4.11. The van der Waals surface area contributed by atoms with Crippen molar-refractivity contribution in [2.75, 3.05) is 19.0 Å². The highest BCUT2D eigenvalue weighted by Gasteiger charge is 2.01. The Balaban J connectivity index is 1.90. The fourth-order valence-electron chi connectivity index (χ4n) is 2.11. The molecule has 0 aliphatic rings. The first kappa shape index (κ1) is 19.1. The minimum absolute atomic E-state index is 0.188. The van der Waals surface area contributed by atoms with Crippen LogP contribution in [0.5, 0.6) is 11.5 Å². The number of nitrogens with one attached hydrogen (secondary N) is 1. The van der Waals surface area contributed by atoms with Crippen LogP contribution in [0.15, 0.2) is 53.0 Å². The molecule has 1 N–H and O–H groups in total. The lowest BCUT2D eigenvalue weighted by Gasteiger charge is -2.07. The van der Waals surface area contributed by atoms with E-state index < -0.39 is 0 Å². The van der Waals surface area contributed by atoms with Gasteiger partial charge in [-0.05, 0) is 70.4 Å². The van der Waals surface area contributed by atoms with Gasteiger partial charge in [-0.2, -0.15) is 0 Å². The molecule has 2 aromatic rings. The number of unbranched alkanes of at least 4 members (excludes halogenated alkanes) is 1. The Morgan fingerprint density at radius 2 is 1.96 bits per heavy atom. The smallest absolute Gasteiger partial charge is 0.248 e. The average Bonchev–Trinajstić information content (AvgIpc) is 2.62. The number of rotatable bonds is 8. The first-order chi connectivity index (χ1) is 12.1. The molecule has 0 saturated heterocycles. The molecule has 132 valence electrons. The maximum atomic E-state index is 12.0. The van der Waals surface area contributed by atoms with E-state index in [2.05, 4.69) is 28.2 Å². The predicted molar refractivity (Wildman–Crippen MR) is 105 cm³/mol. The molecule has 1 amide bonds. The number of benzene rings is 2. The predicted octanol–water partition coefficient (Wildman–Crippen LogP) is 5.29. The summed E-state index contributed by atoms with van der Waals surface area (Å²) in [6.45, 7) is 2.84. The van der Waals surface area contributed by atoms with Gasteiger partial charge in [-0.1, -0.05) is 19.4 Å². The van der Waals surface area contributed by atoms with Gasteiger partial charge in [0, 0.05) is 11.8 Å². The average molecular weight is 404 g/mol. The Labute approximate surface area is 157 Å². The van der Waals surface area contributed by atoms with E-state index >= 15 is 0 Å². The zero-order chi connectivity index (χ0) is 18.1. The largest absolute Gasteiger partial charge is 0.496 e. The number of anilines is 1. The molecule has 0 bridgehead atoms. The summed E-state index contributed by atoms with van der Waals surface area (Å²) in [4.78, 5) is 12.0. The highest BCUT2D eigenvalue weighted by Crippen LogP contribution is 2.26. The summed E-state index contributed by atoms with van der Waals surface area (Å²) >= 11 is 3.43. The van der Waals surface area contributed by atoms with E-state index in [0.717, 1.165) is 40.1 Å². The summed E-state index contributed by atoms with van der Waals surface area (Å²) in [6.07, 6.45) is 5.39. The number of hydrogen-bond donors (Lipinski definition) is 1. The standard InChI is InChI=1S/C20H22BrNO3/c1-3-4-13-25-17-9-7-16(8-10-17)22-20(23)12-6-15-5-11-19(24-2)18(21)14-15/h5-12,14H,3-4,13H2,1-2H3,(H,22,23). The molecule has 4 nitrogen and oxygen atoms in total. The van der Waals surface area contributed by atoms with Crippen LogP contribution >= 0.6 is 15.9 Å². The van der Waals surface area contributed by atoms with Crippen LogP contribution < -0.4 is 14.8 Å². The topological polar surface area (TPSA) is 47.6 Å². The molecule has 2 aromatic carbocycles. The van der Waals surface area contributed by atoms with Crippen LogP contribution in [0.1, 0.15) is 25.3 Å². The second kappa shape index (κ2) is 9.89. The Morgan fingerprint density at radius 1 is 1.20 bits per heavy atom. The van der Waals surface area contributed by atoms with E-state index in [9.17, 15) is 4.79 Å². The molecule has 0 unspecified atom stereocenters. The number of halogens is 1. The number of hydrogen-bond acceptors (Lipinski definition) is 3. The van der Waals surface area contributed by atoms with Crippen molar-refractivity contribution >= 4 is 33.6 Å². The highest BCUT2D eigenvalue weighted by molar-refractivity contribution is 9.10. The van der Waals surface area contributed by atoms with Crippen LogP contribution in [0.4, 0.5) is 5.69 Å². The quantitative estimate of drug-likeness (QED) is 0.481. The maximum Gasteiger partial charge on any atom is 0.248 e. The van der Waals surface area contributed by atoms with Crippen LogP contribution in [0, 0.1) is 0 Å². The van der Waals surface area contributed by atoms with Crippen molar-refractivity contribution < 1.29 is 14.3 Å². The fraction of sp³-hybridized carbons (Fsp3) is 0.250. The van der Waals surface area contributed by atoms with Gasteiger partial charge in [-0.25, -0.2) is 0 Å². The van der Waals surface area contributed by atoms with Crippen LogP contribution in [0.3, 0.4) is 0 Å². The zero-order valence-corrected chi connectivity index (χ0v) is 16.0. The molecule has 0 aliphatic carbocycles. The van der Waals surface area contributed by atoms with Crippen molar-refractivity contribution in [2.24, 2.45) is 0 Å². The van der Waals surface area contributed by atoms with Crippen LogP contribution in [-0.2, 0) is 4.79 Å². The number of carbonyl (C=O) groups excluding carboxylic acids is 1. The third kappa shape index (κ3) is 6.27. The van der Waals surface area contributed by atoms with Crippen LogP contribution in [0.25, 0.3) is 6.08 Å². The number of carbonyl (C=O) groups is 1. The van der Waals surface area contributed by atoms with Crippen LogP contribution in [0.2, 0.25) is 0 Å². The molecule has 2 rings (SSSR count). The number of ether oxygens (including phenoxy) is 2. The van der Waals surface area contributed by atoms with Crippen molar-refractivity contribution in [3.63, 3.8) is 0 Å². The molecule has 25 heavy (non-hydrogen) atoms. The van der Waals surface area contributed by atoms with Gasteiger partial charge in [0.2, 0.25) is 5.91 Å². The monoisotopic (exact) mass is 403 g/mol. The molecule has 0 heterocycles. The summed E-state index contributed by atoms with van der Waals surface area (Å²) in [5, 5.41) is 2.83. The number of methoxy groups -OCH3 is 1. The van der Waals surface area contributed by atoms with Crippen molar-refractivity contribution in [1.29, 1.82) is 0 Å². The lowest BCUT2D eigenvalue weighted by atomic mass is 10.2. The van der Waals surface area contributed by atoms with Gasteiger partial charge in [0.1, 0.15) is 11.5 Å². The summed E-state index contributed by atoms with van der Waals surface area (Å²) in [5.41, 5.74) is 1.64. The Morgan fingerprint density at radius 3 is 2.60 bits per heavy atom. The van der Waals surface area contributed by atoms with E-state index in [4.69, 9.17) is 9.47 Å². The summed E-state index contributed by atoms with van der Waals surface area (Å²) < 4.78 is 11.6. The van der Waals surface area contributed by atoms with Crippen molar-refractivity contribution in [2.45, 2.75) is 19.8 Å². The SMILES string of the molecule is CCCCOc1ccc(NC(=O)C=Cc2ccc(OC)c(Br)c2)cc1. The first-order valence-electron chi connectivity index (χ1n) is 8.18. The molecule has 0 saturated carbocycles. The van der Waals surface area contributed by atoms with E-state index in [1.807, 2.05) is 42.5 Å². The summed E-state index contributed by atoms with van der Waals surface area (Å²) in [5.74, 6) is 1.37. The van der Waals surface area contributed by atoms with Crippen molar-refractivity contribution in [1.82, 2.24) is 0 Å². The Kier molecular flexibility index (Phi) is 7.54. The maximum absolute atomic E-state index is 12.0. The zero-order valence-electron chi connectivity index (χ0n) is 14.4. The van der Waals surface area contributed by atoms with Crippen LogP contribution in [-0.4, -0.2) is 19.6 Å². The number of amides is 1. The summed E-state index contributed by atoms with van der Waals surface area (Å²) in [7, 11) is 1.61. The molecule has 0 aliphatic heterocycles. The highest BCUT2D eigenvalue weighted by atomic mass is 79.9. The van der Waals surface area contributed by atoms with E-state index in [-0.39, 0.29) is 5.91 Å². The van der Waals surface area contributed by atoms with Gasteiger partial charge in [-0.15, -0.1) is 0 Å². The lowest BCUT2D eigenvalue weighted by molar-refractivity contribution is -0.111. The normalized spacial score (nSPS) is 10.7. The van der Waals surface area contributed by atoms with Gasteiger partial charge >= 0.3 is 0 Å². The Hall–Kier alpha value is -2.27. The minimum Gasteiger partial charge on any atom is -0.496 e. The van der Waals surface area contributed by atoms with Gasteiger partial charge in [0.15, 0.2) is 0 Å². The molecule has 0 radical (unpaired) electrons. The second-order valence-corrected chi connectivity index (χ2v) is 6.30. The first-order valence-corrected chi connectivity index (χ1v) is 8.97. The molecule has 0 atom stereocenters. The van der Waals surface area contributed by atoms with Gasteiger partial charge in [0.25, 0.3) is 0 Å². The summed E-state index contributed by atoms with van der Waals surface area (Å²) in [6, 6.07) is 13.0. The third-order valence-electron chi connectivity index (χ3n) is 3.49. The Bertz CT molecular complexity index is 726. The molecule has 0 aromatic heterocycles. The van der Waals surface area contributed by atoms with E-state index in [1.165, 1.54) is 6.08 Å². The van der Waals surface area contributed by atoms with Gasteiger partial charge in [0.05, 0.1) is 18.2 Å². The molecule has 5 heteroatoms. The lowest BCUT2D eigenvalue weighted by Crippen LogP contribution is -2.07.